The van der Waals surface area contributed by atoms with Crippen LogP contribution in [-0.2, 0) is 4.79 Å². The molecule has 2 amide bonds. The SMILES string of the molecule is CC(C)C(=O)Nc1ccc(NC(=O)c2ccc(-c3ccc(Cl)c(Cl)c3)o2)cc1. The Labute approximate surface area is 172 Å². The molecule has 1 aromatic heterocycles. The van der Waals surface area contributed by atoms with Crippen molar-refractivity contribution in [3.63, 3.8) is 0 Å². The Bertz CT molecular complexity index is 1010. The highest BCUT2D eigenvalue weighted by Crippen LogP contribution is 2.29. The molecular weight excluding hydrogens is 399 g/mol. The Kier molecular flexibility index (Phi) is 6.07. The molecule has 2 N–H and O–H groups in total. The van der Waals surface area contributed by atoms with Crippen molar-refractivity contribution in [2.45, 2.75) is 13.8 Å². The lowest BCUT2D eigenvalue weighted by atomic mass is 10.2. The van der Waals surface area contributed by atoms with Crippen LogP contribution in [0, 0.1) is 5.92 Å². The zero-order valence-corrected chi connectivity index (χ0v) is 16.8. The summed E-state index contributed by atoms with van der Waals surface area (Å²) >= 11 is 11.9. The number of anilines is 2. The molecule has 0 saturated carbocycles. The smallest absolute Gasteiger partial charge is 0.291 e. The lowest BCUT2D eigenvalue weighted by Crippen LogP contribution is -2.17. The van der Waals surface area contributed by atoms with Crippen LogP contribution in [0.4, 0.5) is 11.4 Å². The van der Waals surface area contributed by atoms with Crippen molar-refractivity contribution in [2.75, 3.05) is 10.6 Å². The lowest BCUT2D eigenvalue weighted by molar-refractivity contribution is -0.118. The highest BCUT2D eigenvalue weighted by atomic mass is 35.5. The van der Waals surface area contributed by atoms with E-state index < -0.39 is 0 Å². The molecule has 3 rings (SSSR count). The van der Waals surface area contributed by atoms with Gasteiger partial charge in [-0.2, -0.15) is 0 Å². The maximum Gasteiger partial charge on any atom is 0.291 e. The van der Waals surface area contributed by atoms with E-state index in [1.54, 1.807) is 54.6 Å². The molecule has 0 aliphatic carbocycles. The van der Waals surface area contributed by atoms with Gasteiger partial charge in [0.15, 0.2) is 5.76 Å². The van der Waals surface area contributed by atoms with Crippen molar-refractivity contribution in [2.24, 2.45) is 5.92 Å². The molecule has 2 aromatic carbocycles. The van der Waals surface area contributed by atoms with Gasteiger partial charge in [0.25, 0.3) is 5.91 Å². The summed E-state index contributed by atoms with van der Waals surface area (Å²) in [4.78, 5) is 24.1. The third-order valence-electron chi connectivity index (χ3n) is 3.97. The number of benzene rings is 2. The molecule has 3 aromatic rings. The minimum Gasteiger partial charge on any atom is -0.451 e. The number of hydrogen-bond donors (Lipinski definition) is 2. The van der Waals surface area contributed by atoms with Gasteiger partial charge in [0.2, 0.25) is 5.91 Å². The first-order valence-corrected chi connectivity index (χ1v) is 9.36. The Morgan fingerprint density at radius 3 is 2.11 bits per heavy atom. The second kappa shape index (κ2) is 8.50. The minimum absolute atomic E-state index is 0.0674. The first-order valence-electron chi connectivity index (χ1n) is 8.61. The van der Waals surface area contributed by atoms with Gasteiger partial charge in [-0.15, -0.1) is 0 Å². The Balaban J connectivity index is 1.67. The summed E-state index contributed by atoms with van der Waals surface area (Å²) in [6.07, 6.45) is 0. The van der Waals surface area contributed by atoms with E-state index >= 15 is 0 Å². The number of carbonyl (C=O) groups is 2. The topological polar surface area (TPSA) is 71.3 Å². The van der Waals surface area contributed by atoms with Crippen molar-refractivity contribution >= 4 is 46.4 Å². The molecule has 0 aliphatic rings. The summed E-state index contributed by atoms with van der Waals surface area (Å²) in [5, 5.41) is 6.40. The molecule has 28 heavy (non-hydrogen) atoms. The van der Waals surface area contributed by atoms with Crippen LogP contribution in [0.15, 0.2) is 59.0 Å². The van der Waals surface area contributed by atoms with Crippen LogP contribution in [-0.4, -0.2) is 11.8 Å². The lowest BCUT2D eigenvalue weighted by Gasteiger charge is -2.09. The molecule has 0 fully saturated rings. The van der Waals surface area contributed by atoms with Gasteiger partial charge in [-0.1, -0.05) is 37.0 Å². The van der Waals surface area contributed by atoms with E-state index in [0.29, 0.717) is 27.2 Å². The summed E-state index contributed by atoms with van der Waals surface area (Å²) in [7, 11) is 0. The maximum atomic E-state index is 12.4. The summed E-state index contributed by atoms with van der Waals surface area (Å²) in [5.74, 6) is 0.115. The number of furan rings is 1. The Hall–Kier alpha value is -2.76. The van der Waals surface area contributed by atoms with Crippen molar-refractivity contribution < 1.29 is 14.0 Å². The van der Waals surface area contributed by atoms with E-state index in [1.165, 1.54) is 0 Å². The van der Waals surface area contributed by atoms with Crippen LogP contribution in [0.2, 0.25) is 10.0 Å². The van der Waals surface area contributed by atoms with Crippen LogP contribution >= 0.6 is 23.2 Å². The molecule has 0 aliphatic heterocycles. The van der Waals surface area contributed by atoms with Crippen molar-refractivity contribution in [1.29, 1.82) is 0 Å². The molecule has 0 atom stereocenters. The van der Waals surface area contributed by atoms with Crippen molar-refractivity contribution in [1.82, 2.24) is 0 Å². The van der Waals surface area contributed by atoms with Crippen LogP contribution in [0.5, 0.6) is 0 Å². The van der Waals surface area contributed by atoms with Gasteiger partial charge >= 0.3 is 0 Å². The second-order valence-electron chi connectivity index (χ2n) is 6.47. The zero-order valence-electron chi connectivity index (χ0n) is 15.3. The fraction of sp³-hybridized carbons (Fsp3) is 0.143. The number of carbonyl (C=O) groups excluding carboxylic acids is 2. The fourth-order valence-electron chi connectivity index (χ4n) is 2.38. The molecule has 0 spiro atoms. The molecule has 0 unspecified atom stereocenters. The van der Waals surface area contributed by atoms with E-state index in [2.05, 4.69) is 10.6 Å². The Morgan fingerprint density at radius 1 is 0.857 bits per heavy atom. The summed E-state index contributed by atoms with van der Waals surface area (Å²) in [6.45, 7) is 3.64. The molecule has 0 radical (unpaired) electrons. The highest BCUT2D eigenvalue weighted by molar-refractivity contribution is 6.42. The molecule has 5 nitrogen and oxygen atoms in total. The maximum absolute atomic E-state index is 12.4. The van der Waals surface area contributed by atoms with Crippen molar-refractivity contribution in [3.05, 3.63) is 70.4 Å². The van der Waals surface area contributed by atoms with Crippen LogP contribution in [0.1, 0.15) is 24.4 Å². The summed E-state index contributed by atoms with van der Waals surface area (Å²) < 4.78 is 5.63. The van der Waals surface area contributed by atoms with E-state index in [1.807, 2.05) is 13.8 Å². The monoisotopic (exact) mass is 416 g/mol. The average molecular weight is 417 g/mol. The number of halogens is 2. The predicted octanol–water partition coefficient (Wildman–Crippen LogP) is 6.10. The van der Waals surface area contributed by atoms with Gasteiger partial charge < -0.3 is 15.1 Å². The fourth-order valence-corrected chi connectivity index (χ4v) is 2.68. The van der Waals surface area contributed by atoms with Crippen LogP contribution in [0.3, 0.4) is 0 Å². The Morgan fingerprint density at radius 2 is 1.50 bits per heavy atom. The predicted molar refractivity (Wildman–Crippen MR) is 112 cm³/mol. The van der Waals surface area contributed by atoms with Gasteiger partial charge in [0.1, 0.15) is 5.76 Å². The third kappa shape index (κ3) is 4.74. The first-order chi connectivity index (χ1) is 13.3. The van der Waals surface area contributed by atoms with Gasteiger partial charge in [-0.3, -0.25) is 9.59 Å². The van der Waals surface area contributed by atoms with Crippen LogP contribution < -0.4 is 10.6 Å². The molecule has 0 saturated heterocycles. The van der Waals surface area contributed by atoms with Crippen molar-refractivity contribution in [3.8, 4) is 11.3 Å². The van der Waals surface area contributed by atoms with Gasteiger partial charge in [-0.25, -0.2) is 0 Å². The summed E-state index contributed by atoms with van der Waals surface area (Å²) in [5.41, 5.74) is 1.97. The third-order valence-corrected chi connectivity index (χ3v) is 4.71. The zero-order chi connectivity index (χ0) is 20.3. The molecule has 1 heterocycles. The standard InChI is InChI=1S/C21H18Cl2N2O3/c1-12(2)20(26)24-14-4-6-15(7-5-14)25-21(27)19-10-9-18(28-19)13-3-8-16(22)17(23)11-13/h3-12H,1-2H3,(H,24,26)(H,25,27). The van der Waals surface area contributed by atoms with E-state index in [4.69, 9.17) is 27.6 Å². The highest BCUT2D eigenvalue weighted by Gasteiger charge is 2.14. The van der Waals surface area contributed by atoms with E-state index in [-0.39, 0.29) is 23.5 Å². The normalized spacial score (nSPS) is 10.8. The molecular formula is C21H18Cl2N2O3. The quantitative estimate of drug-likeness (QED) is 0.527. The molecule has 0 bridgehead atoms. The summed E-state index contributed by atoms with van der Waals surface area (Å²) in [6, 6.07) is 15.2. The number of amides is 2. The molecule has 144 valence electrons. The van der Waals surface area contributed by atoms with Gasteiger partial charge in [-0.05, 0) is 54.6 Å². The number of rotatable bonds is 5. The van der Waals surface area contributed by atoms with Crippen LogP contribution in [0.25, 0.3) is 11.3 Å². The van der Waals surface area contributed by atoms with E-state index in [9.17, 15) is 9.59 Å². The second-order valence-corrected chi connectivity index (χ2v) is 7.28. The number of hydrogen-bond acceptors (Lipinski definition) is 3. The average Bonchev–Trinajstić information content (AvgIpc) is 3.16. The van der Waals surface area contributed by atoms with E-state index in [0.717, 1.165) is 5.56 Å². The minimum atomic E-state index is -0.384. The van der Waals surface area contributed by atoms with Gasteiger partial charge in [0, 0.05) is 22.9 Å². The number of nitrogens with one attached hydrogen (secondary N) is 2. The first kappa shape index (κ1) is 20.0. The largest absolute Gasteiger partial charge is 0.451 e. The molecule has 7 heteroatoms. The van der Waals surface area contributed by atoms with Gasteiger partial charge in [0.05, 0.1) is 10.0 Å².